The van der Waals surface area contributed by atoms with Gasteiger partial charge in [-0.2, -0.15) is 0 Å². The minimum Gasteiger partial charge on any atom is -0.472 e. The van der Waals surface area contributed by atoms with Gasteiger partial charge in [-0.05, 0) is 24.3 Å². The predicted octanol–water partition coefficient (Wildman–Crippen LogP) is 3.20. The highest BCUT2D eigenvalue weighted by atomic mass is 35.5. The van der Waals surface area contributed by atoms with Crippen LogP contribution in [0, 0.1) is 0 Å². The Morgan fingerprint density at radius 1 is 1.14 bits per heavy atom. The molecule has 0 spiro atoms. The number of nitrogens with zero attached hydrogens (tertiary/aromatic N) is 2. The number of imide groups is 2. The lowest BCUT2D eigenvalue weighted by molar-refractivity contribution is -0.116. The van der Waals surface area contributed by atoms with Crippen LogP contribution in [0.15, 0.2) is 41.2 Å². The number of hydrogen-bond donors (Lipinski definition) is 0. The summed E-state index contributed by atoms with van der Waals surface area (Å²) in [6.45, 7) is -0.354. The van der Waals surface area contributed by atoms with Gasteiger partial charge in [0.25, 0.3) is 11.8 Å². The van der Waals surface area contributed by atoms with Gasteiger partial charge in [-0.3, -0.25) is 9.59 Å². The zero-order valence-corrected chi connectivity index (χ0v) is 12.5. The Morgan fingerprint density at radius 2 is 1.82 bits per heavy atom. The van der Waals surface area contributed by atoms with Crippen LogP contribution in [0.1, 0.15) is 10.4 Å². The number of anilines is 1. The van der Waals surface area contributed by atoms with Crippen molar-refractivity contribution in [1.82, 2.24) is 4.90 Å². The summed E-state index contributed by atoms with van der Waals surface area (Å²) in [5.41, 5.74) is 0.405. The largest absolute Gasteiger partial charge is 0.472 e. The number of halogens is 2. The molecule has 1 fully saturated rings. The van der Waals surface area contributed by atoms with Gasteiger partial charge in [-0.1, -0.05) is 23.2 Å². The molecule has 0 unspecified atom stereocenters. The van der Waals surface area contributed by atoms with Crippen molar-refractivity contribution in [1.29, 1.82) is 0 Å². The summed E-state index contributed by atoms with van der Waals surface area (Å²) < 4.78 is 4.81. The van der Waals surface area contributed by atoms with Crippen LogP contribution < -0.4 is 4.90 Å². The van der Waals surface area contributed by atoms with E-state index in [1.165, 1.54) is 36.8 Å². The molecule has 0 aliphatic carbocycles. The first-order valence-electron chi connectivity index (χ1n) is 6.14. The summed E-state index contributed by atoms with van der Waals surface area (Å²) >= 11 is 11.8. The number of furan rings is 1. The third-order valence-corrected chi connectivity index (χ3v) is 3.52. The van der Waals surface area contributed by atoms with Crippen molar-refractivity contribution in [3.8, 4) is 0 Å². The zero-order valence-electron chi connectivity index (χ0n) is 11.0. The zero-order chi connectivity index (χ0) is 15.9. The molecule has 0 N–H and O–H groups in total. The standard InChI is InChI=1S/C14H8Cl2N2O4/c15-9-3-10(16)5-11(4-9)18-12(19)6-17(14(18)21)13(20)8-1-2-22-7-8/h1-5,7H,6H2. The number of amides is 4. The van der Waals surface area contributed by atoms with E-state index in [9.17, 15) is 14.4 Å². The lowest BCUT2D eigenvalue weighted by atomic mass is 10.3. The first-order chi connectivity index (χ1) is 10.5. The Morgan fingerprint density at radius 3 is 2.41 bits per heavy atom. The van der Waals surface area contributed by atoms with Gasteiger partial charge in [0.05, 0.1) is 17.5 Å². The topological polar surface area (TPSA) is 70.8 Å². The maximum atomic E-state index is 12.4. The molecule has 0 bridgehead atoms. The van der Waals surface area contributed by atoms with Gasteiger partial charge in [0.2, 0.25) is 0 Å². The molecule has 1 saturated heterocycles. The molecule has 1 aliphatic rings. The van der Waals surface area contributed by atoms with Gasteiger partial charge >= 0.3 is 6.03 Å². The summed E-state index contributed by atoms with van der Waals surface area (Å²) in [4.78, 5) is 38.4. The van der Waals surface area contributed by atoms with E-state index in [1.54, 1.807) is 0 Å². The molecule has 0 atom stereocenters. The van der Waals surface area contributed by atoms with Crippen molar-refractivity contribution < 1.29 is 18.8 Å². The fraction of sp³-hybridized carbons (Fsp3) is 0.0714. The molecule has 6 nitrogen and oxygen atoms in total. The molecule has 8 heteroatoms. The molecule has 3 rings (SSSR count). The monoisotopic (exact) mass is 338 g/mol. The number of urea groups is 1. The molecule has 0 radical (unpaired) electrons. The van der Waals surface area contributed by atoms with Crippen LogP contribution in [0.4, 0.5) is 10.5 Å². The molecule has 1 aromatic heterocycles. The fourth-order valence-corrected chi connectivity index (χ4v) is 2.64. The lowest BCUT2D eigenvalue weighted by Gasteiger charge is -2.16. The van der Waals surface area contributed by atoms with Crippen LogP contribution in [0.3, 0.4) is 0 Å². The van der Waals surface area contributed by atoms with E-state index in [0.29, 0.717) is 0 Å². The minimum atomic E-state index is -0.755. The summed E-state index contributed by atoms with van der Waals surface area (Å²) in [6.07, 6.45) is 2.52. The molecule has 0 saturated carbocycles. The number of hydrogen-bond acceptors (Lipinski definition) is 4. The van der Waals surface area contributed by atoms with Gasteiger partial charge in [0.15, 0.2) is 0 Å². The maximum Gasteiger partial charge on any atom is 0.338 e. The average molecular weight is 339 g/mol. The van der Waals surface area contributed by atoms with Crippen molar-refractivity contribution in [2.75, 3.05) is 11.4 Å². The maximum absolute atomic E-state index is 12.4. The van der Waals surface area contributed by atoms with Gasteiger partial charge in [0.1, 0.15) is 12.8 Å². The molecule has 112 valence electrons. The Bertz CT molecular complexity index is 753. The van der Waals surface area contributed by atoms with Crippen LogP contribution in [-0.4, -0.2) is 29.3 Å². The third kappa shape index (κ3) is 2.47. The summed E-state index contributed by atoms with van der Waals surface area (Å²) in [7, 11) is 0. The normalized spacial score (nSPS) is 14.8. The number of benzene rings is 1. The Hall–Kier alpha value is -2.31. The molecule has 4 amide bonds. The average Bonchev–Trinajstić information content (AvgIpc) is 3.05. The van der Waals surface area contributed by atoms with E-state index >= 15 is 0 Å². The van der Waals surface area contributed by atoms with E-state index in [-0.39, 0.29) is 27.8 Å². The molecular weight excluding hydrogens is 331 g/mol. The molecular formula is C14H8Cl2N2O4. The Labute approximate surface area is 134 Å². The van der Waals surface area contributed by atoms with E-state index < -0.39 is 17.8 Å². The van der Waals surface area contributed by atoms with Crippen molar-refractivity contribution >= 4 is 46.7 Å². The van der Waals surface area contributed by atoms with Crippen LogP contribution >= 0.6 is 23.2 Å². The summed E-state index contributed by atoms with van der Waals surface area (Å²) in [5.74, 6) is -1.15. The molecule has 1 aliphatic heterocycles. The van der Waals surface area contributed by atoms with Crippen LogP contribution in [0.25, 0.3) is 0 Å². The fourth-order valence-electron chi connectivity index (χ4n) is 2.12. The van der Waals surface area contributed by atoms with Crippen molar-refractivity contribution in [3.05, 3.63) is 52.4 Å². The lowest BCUT2D eigenvalue weighted by Crippen LogP contribution is -2.36. The number of carbonyl (C=O) groups excluding carboxylic acids is 3. The summed E-state index contributed by atoms with van der Waals surface area (Å²) in [5, 5.41) is 0.561. The van der Waals surface area contributed by atoms with Crippen molar-refractivity contribution in [3.63, 3.8) is 0 Å². The number of rotatable bonds is 2. The third-order valence-electron chi connectivity index (χ3n) is 3.08. The van der Waals surface area contributed by atoms with Crippen LogP contribution in [0.5, 0.6) is 0 Å². The van der Waals surface area contributed by atoms with Crippen molar-refractivity contribution in [2.24, 2.45) is 0 Å². The molecule has 22 heavy (non-hydrogen) atoms. The highest BCUT2D eigenvalue weighted by Crippen LogP contribution is 2.29. The van der Waals surface area contributed by atoms with E-state index in [4.69, 9.17) is 27.6 Å². The Balaban J connectivity index is 1.93. The molecule has 2 aromatic rings. The van der Waals surface area contributed by atoms with Gasteiger partial charge in [0, 0.05) is 10.0 Å². The van der Waals surface area contributed by atoms with Crippen LogP contribution in [-0.2, 0) is 4.79 Å². The highest BCUT2D eigenvalue weighted by molar-refractivity contribution is 6.36. The Kier molecular flexibility index (Phi) is 3.64. The van der Waals surface area contributed by atoms with Crippen molar-refractivity contribution in [2.45, 2.75) is 0 Å². The smallest absolute Gasteiger partial charge is 0.338 e. The number of carbonyl (C=O) groups is 3. The second kappa shape index (κ2) is 5.47. The van der Waals surface area contributed by atoms with Gasteiger partial charge in [-0.15, -0.1) is 0 Å². The van der Waals surface area contributed by atoms with E-state index in [0.717, 1.165) is 9.80 Å². The van der Waals surface area contributed by atoms with E-state index in [1.807, 2.05) is 0 Å². The molecule has 1 aromatic carbocycles. The van der Waals surface area contributed by atoms with E-state index in [2.05, 4.69) is 0 Å². The SMILES string of the molecule is O=C(c1ccoc1)N1CC(=O)N(c2cc(Cl)cc(Cl)c2)C1=O. The van der Waals surface area contributed by atoms with Crippen LogP contribution in [0.2, 0.25) is 10.0 Å². The highest BCUT2D eigenvalue weighted by Gasteiger charge is 2.41. The quantitative estimate of drug-likeness (QED) is 0.788. The first-order valence-corrected chi connectivity index (χ1v) is 6.90. The predicted molar refractivity (Wildman–Crippen MR) is 79.1 cm³/mol. The minimum absolute atomic E-state index is 0.187. The molecule has 2 heterocycles. The first kappa shape index (κ1) is 14.6. The van der Waals surface area contributed by atoms with Gasteiger partial charge in [-0.25, -0.2) is 14.6 Å². The second-order valence-corrected chi connectivity index (χ2v) is 5.42. The van der Waals surface area contributed by atoms with Gasteiger partial charge < -0.3 is 4.42 Å². The second-order valence-electron chi connectivity index (χ2n) is 4.54. The summed E-state index contributed by atoms with van der Waals surface area (Å²) in [6, 6.07) is 4.99.